The summed E-state index contributed by atoms with van der Waals surface area (Å²) in [6, 6.07) is 7.28. The predicted molar refractivity (Wildman–Crippen MR) is 93.3 cm³/mol. The number of nitrogens with zero attached hydrogens (tertiary/aromatic N) is 2. The van der Waals surface area contributed by atoms with E-state index in [1.807, 2.05) is 18.2 Å². The van der Waals surface area contributed by atoms with Gasteiger partial charge in [0.05, 0.1) is 22.5 Å². The smallest absolute Gasteiger partial charge is 0.329 e. The van der Waals surface area contributed by atoms with Crippen LogP contribution in [0.2, 0.25) is 0 Å². The molecule has 7 heteroatoms. The highest BCUT2D eigenvalue weighted by Gasteiger charge is 2.42. The number of hydrogen-bond acceptors (Lipinski definition) is 3. The van der Waals surface area contributed by atoms with Gasteiger partial charge in [0.25, 0.3) is 0 Å². The molecule has 2 unspecified atom stereocenters. The van der Waals surface area contributed by atoms with Crippen molar-refractivity contribution in [3.63, 3.8) is 0 Å². The average Bonchev–Trinajstić information content (AvgIpc) is 2.80. The van der Waals surface area contributed by atoms with Gasteiger partial charge in [-0.15, -0.1) is 0 Å². The molecule has 1 aliphatic carbocycles. The molecule has 1 saturated carbocycles. The molecular formula is C18H23N3O4. The van der Waals surface area contributed by atoms with Gasteiger partial charge < -0.3 is 10.4 Å². The number of para-hydroxylation sites is 2. The molecule has 0 bridgehead atoms. The summed E-state index contributed by atoms with van der Waals surface area (Å²) in [4.78, 5) is 36.5. The summed E-state index contributed by atoms with van der Waals surface area (Å²) in [5.41, 5.74) is 0.399. The first-order valence-corrected chi connectivity index (χ1v) is 8.51. The van der Waals surface area contributed by atoms with Crippen molar-refractivity contribution in [2.24, 2.45) is 13.0 Å². The van der Waals surface area contributed by atoms with Crippen LogP contribution in [0.3, 0.4) is 0 Å². The van der Waals surface area contributed by atoms with Crippen molar-refractivity contribution >= 4 is 22.9 Å². The molecule has 0 spiro atoms. The fourth-order valence-corrected chi connectivity index (χ4v) is 3.90. The highest BCUT2D eigenvalue weighted by atomic mass is 16.4. The molecule has 2 atom stereocenters. The highest BCUT2D eigenvalue weighted by Crippen LogP contribution is 2.33. The molecule has 2 aromatic rings. The maximum absolute atomic E-state index is 12.6. The average molecular weight is 345 g/mol. The number of imidazole rings is 1. The Bertz CT molecular complexity index is 882. The number of carbonyl (C=O) groups is 2. The summed E-state index contributed by atoms with van der Waals surface area (Å²) in [5.74, 6) is -1.83. The van der Waals surface area contributed by atoms with Crippen LogP contribution in [0.5, 0.6) is 0 Å². The minimum Gasteiger partial charge on any atom is -0.481 e. The van der Waals surface area contributed by atoms with Crippen LogP contribution in [0.25, 0.3) is 11.0 Å². The molecule has 3 rings (SSSR count). The van der Waals surface area contributed by atoms with Crippen LogP contribution in [0.4, 0.5) is 0 Å². The lowest BCUT2D eigenvalue weighted by Gasteiger charge is -2.39. The number of aromatic nitrogens is 2. The van der Waals surface area contributed by atoms with Gasteiger partial charge in [-0.25, -0.2) is 4.79 Å². The molecule has 0 saturated heterocycles. The van der Waals surface area contributed by atoms with Gasteiger partial charge in [-0.3, -0.25) is 18.7 Å². The van der Waals surface area contributed by atoms with Crippen LogP contribution in [0, 0.1) is 5.92 Å². The van der Waals surface area contributed by atoms with Gasteiger partial charge in [0.2, 0.25) is 5.91 Å². The molecule has 1 heterocycles. The van der Waals surface area contributed by atoms with Crippen molar-refractivity contribution in [3.05, 3.63) is 34.7 Å². The normalized spacial score (nSPS) is 23.5. The second-order valence-electron chi connectivity index (χ2n) is 7.02. The van der Waals surface area contributed by atoms with Crippen molar-refractivity contribution in [3.8, 4) is 0 Å². The van der Waals surface area contributed by atoms with E-state index in [2.05, 4.69) is 5.32 Å². The summed E-state index contributed by atoms with van der Waals surface area (Å²) >= 11 is 0. The topological polar surface area (TPSA) is 93.3 Å². The van der Waals surface area contributed by atoms with Gasteiger partial charge in [-0.05, 0) is 31.9 Å². The molecule has 1 aromatic heterocycles. The number of hydrogen-bond donors (Lipinski definition) is 2. The van der Waals surface area contributed by atoms with Crippen LogP contribution in [0.1, 0.15) is 32.6 Å². The number of carboxylic acids is 1. The minimum atomic E-state index is -0.884. The third-order valence-corrected chi connectivity index (χ3v) is 5.28. The van der Waals surface area contributed by atoms with Gasteiger partial charge in [-0.1, -0.05) is 25.0 Å². The number of fused-ring (bicyclic) bond motifs is 1. The van der Waals surface area contributed by atoms with Gasteiger partial charge in [0, 0.05) is 7.05 Å². The molecule has 0 aliphatic heterocycles. The summed E-state index contributed by atoms with van der Waals surface area (Å²) < 4.78 is 2.93. The third-order valence-electron chi connectivity index (χ3n) is 5.28. The van der Waals surface area contributed by atoms with Gasteiger partial charge >= 0.3 is 11.7 Å². The fraction of sp³-hybridized carbons (Fsp3) is 0.500. The maximum atomic E-state index is 12.6. The molecular weight excluding hydrogens is 322 g/mol. The molecule has 25 heavy (non-hydrogen) atoms. The number of aryl methyl sites for hydroxylation is 1. The zero-order valence-electron chi connectivity index (χ0n) is 14.5. The number of rotatable bonds is 4. The minimum absolute atomic E-state index is 0.123. The lowest BCUT2D eigenvalue weighted by molar-refractivity contribution is -0.146. The summed E-state index contributed by atoms with van der Waals surface area (Å²) in [5, 5.41) is 12.3. The van der Waals surface area contributed by atoms with E-state index in [1.165, 1.54) is 9.13 Å². The van der Waals surface area contributed by atoms with Gasteiger partial charge in [0.15, 0.2) is 0 Å². The van der Waals surface area contributed by atoms with Crippen molar-refractivity contribution in [2.75, 3.05) is 0 Å². The lowest BCUT2D eigenvalue weighted by Crippen LogP contribution is -2.56. The van der Waals surface area contributed by atoms with Crippen LogP contribution in [-0.4, -0.2) is 31.7 Å². The van der Waals surface area contributed by atoms with Crippen molar-refractivity contribution in [1.82, 2.24) is 14.5 Å². The molecule has 1 aliphatic rings. The van der Waals surface area contributed by atoms with E-state index < -0.39 is 17.4 Å². The zero-order valence-corrected chi connectivity index (χ0v) is 14.5. The molecule has 134 valence electrons. The van der Waals surface area contributed by atoms with Crippen LogP contribution < -0.4 is 11.0 Å². The van der Waals surface area contributed by atoms with E-state index in [0.29, 0.717) is 18.4 Å². The second-order valence-corrected chi connectivity index (χ2v) is 7.02. The lowest BCUT2D eigenvalue weighted by atomic mass is 9.74. The molecule has 1 amide bonds. The zero-order chi connectivity index (χ0) is 18.2. The number of carboxylic acid groups (broad SMARTS) is 1. The van der Waals surface area contributed by atoms with E-state index >= 15 is 0 Å². The van der Waals surface area contributed by atoms with E-state index in [1.54, 1.807) is 20.0 Å². The molecule has 0 radical (unpaired) electrons. The first-order valence-electron chi connectivity index (χ1n) is 8.51. The Hall–Kier alpha value is -2.57. The van der Waals surface area contributed by atoms with E-state index in [4.69, 9.17) is 0 Å². The van der Waals surface area contributed by atoms with Crippen molar-refractivity contribution in [1.29, 1.82) is 0 Å². The Morgan fingerprint density at radius 3 is 2.64 bits per heavy atom. The number of aliphatic carboxylic acids is 1. The van der Waals surface area contributed by atoms with Crippen LogP contribution >= 0.6 is 0 Å². The fourth-order valence-electron chi connectivity index (χ4n) is 3.90. The summed E-state index contributed by atoms with van der Waals surface area (Å²) in [6.45, 7) is 1.66. The standard InChI is InChI=1S/C18H23N3O4/c1-18(10-6-5-7-12(18)16(23)24)19-15(22)11-21-14-9-4-3-8-13(14)20(2)17(21)25/h3-4,8-9,12H,5-7,10-11H2,1-2H3,(H,19,22)(H,23,24). The molecule has 1 aromatic carbocycles. The number of carbonyl (C=O) groups excluding carboxylic acids is 1. The Morgan fingerprint density at radius 1 is 1.28 bits per heavy atom. The predicted octanol–water partition coefficient (Wildman–Crippen LogP) is 1.49. The third kappa shape index (κ3) is 3.06. The van der Waals surface area contributed by atoms with Crippen molar-refractivity contribution in [2.45, 2.75) is 44.7 Å². The monoisotopic (exact) mass is 345 g/mol. The Labute approximate surface area is 145 Å². The molecule has 1 fully saturated rings. The van der Waals surface area contributed by atoms with Crippen LogP contribution in [-0.2, 0) is 23.2 Å². The van der Waals surface area contributed by atoms with E-state index in [0.717, 1.165) is 18.4 Å². The highest BCUT2D eigenvalue weighted by molar-refractivity contribution is 5.82. The Kier molecular flexibility index (Phi) is 4.41. The van der Waals surface area contributed by atoms with Crippen molar-refractivity contribution < 1.29 is 14.7 Å². The number of benzene rings is 1. The first-order chi connectivity index (χ1) is 11.8. The quantitative estimate of drug-likeness (QED) is 0.878. The van der Waals surface area contributed by atoms with Crippen LogP contribution in [0.15, 0.2) is 29.1 Å². The first kappa shape index (κ1) is 17.3. The Balaban J connectivity index is 1.85. The van der Waals surface area contributed by atoms with Gasteiger partial charge in [-0.2, -0.15) is 0 Å². The number of nitrogens with one attached hydrogen (secondary N) is 1. The van der Waals surface area contributed by atoms with Gasteiger partial charge in [0.1, 0.15) is 6.54 Å². The SMILES string of the molecule is Cn1c(=O)n(CC(=O)NC2(C)CCCCC2C(=O)O)c2ccccc21. The summed E-state index contributed by atoms with van der Waals surface area (Å²) in [6.07, 6.45) is 2.92. The second kappa shape index (κ2) is 6.38. The summed E-state index contributed by atoms with van der Waals surface area (Å²) in [7, 11) is 1.67. The van der Waals surface area contributed by atoms with E-state index in [9.17, 15) is 19.5 Å². The Morgan fingerprint density at radius 2 is 1.96 bits per heavy atom. The maximum Gasteiger partial charge on any atom is 0.329 e. The molecule has 2 N–H and O–H groups in total. The van der Waals surface area contributed by atoms with E-state index in [-0.39, 0.29) is 18.1 Å². The molecule has 7 nitrogen and oxygen atoms in total. The number of amides is 1. The largest absolute Gasteiger partial charge is 0.481 e.